The maximum absolute atomic E-state index is 13.0. The summed E-state index contributed by atoms with van der Waals surface area (Å²) in [6, 6.07) is 4.77. The van der Waals surface area contributed by atoms with E-state index in [1.54, 1.807) is 24.3 Å². The van der Waals surface area contributed by atoms with Gasteiger partial charge in [-0.2, -0.15) is 0 Å². The van der Waals surface area contributed by atoms with Crippen LogP contribution >= 0.6 is 11.6 Å². The molecule has 0 radical (unpaired) electrons. The number of imide groups is 1. The third-order valence-corrected chi connectivity index (χ3v) is 4.79. The van der Waals surface area contributed by atoms with Crippen LogP contribution < -0.4 is 5.73 Å². The average Bonchev–Trinajstić information content (AvgIpc) is 2.70. The number of benzene rings is 1. The Bertz CT molecular complexity index is 693. The minimum Gasteiger partial charge on any atom is -0.444 e. The molecule has 1 aromatic rings. The van der Waals surface area contributed by atoms with Crippen LogP contribution in [0.1, 0.15) is 52.0 Å². The molecule has 0 fully saturated rings. The highest BCUT2D eigenvalue weighted by Gasteiger charge is 2.38. The smallest absolute Gasteiger partial charge is 0.417 e. The molecule has 0 saturated carbocycles. The molecule has 168 valence electrons. The van der Waals surface area contributed by atoms with Crippen LogP contribution in [0.5, 0.6) is 0 Å². The van der Waals surface area contributed by atoms with Crippen molar-refractivity contribution in [2.45, 2.75) is 65.1 Å². The van der Waals surface area contributed by atoms with Crippen LogP contribution in [0, 0.1) is 5.92 Å². The second-order valence-corrected chi connectivity index (χ2v) is 8.10. The molecular weight excluding hydrogens is 408 g/mol. The predicted molar refractivity (Wildman–Crippen MR) is 116 cm³/mol. The number of hydrogen-bond donors (Lipinski definition) is 1. The van der Waals surface area contributed by atoms with Crippen molar-refractivity contribution in [2.24, 2.45) is 11.7 Å². The van der Waals surface area contributed by atoms with Crippen LogP contribution in [0.15, 0.2) is 24.3 Å². The lowest BCUT2D eigenvalue weighted by Gasteiger charge is -2.30. The quantitative estimate of drug-likeness (QED) is 0.528. The molecule has 0 bridgehead atoms. The molecule has 0 aliphatic carbocycles. The topological polar surface area (TPSA) is 98.9 Å². The third-order valence-electron chi connectivity index (χ3n) is 4.54. The zero-order valence-corrected chi connectivity index (χ0v) is 19.0. The molecular formula is C22H33ClN2O5. The predicted octanol–water partition coefficient (Wildman–Crippen LogP) is 3.95. The lowest BCUT2D eigenvalue weighted by molar-refractivity contribution is -0.140. The van der Waals surface area contributed by atoms with Gasteiger partial charge in [0.2, 0.25) is 5.91 Å². The van der Waals surface area contributed by atoms with Crippen LogP contribution in [0.4, 0.5) is 4.79 Å². The molecule has 0 heterocycles. The van der Waals surface area contributed by atoms with E-state index in [0.29, 0.717) is 23.4 Å². The summed E-state index contributed by atoms with van der Waals surface area (Å²) >= 11 is 5.87. The first-order valence-electron chi connectivity index (χ1n) is 10.2. The first-order valence-corrected chi connectivity index (χ1v) is 10.6. The fourth-order valence-corrected chi connectivity index (χ4v) is 3.07. The van der Waals surface area contributed by atoms with Crippen molar-refractivity contribution in [1.29, 1.82) is 0 Å². The van der Waals surface area contributed by atoms with E-state index in [2.05, 4.69) is 0 Å². The molecule has 2 N–H and O–H groups in total. The van der Waals surface area contributed by atoms with Crippen LogP contribution in [0.25, 0.3) is 0 Å². The number of ether oxygens (including phenoxy) is 2. The van der Waals surface area contributed by atoms with Gasteiger partial charge in [0.1, 0.15) is 12.6 Å². The maximum atomic E-state index is 13.0. The van der Waals surface area contributed by atoms with Crippen molar-refractivity contribution < 1.29 is 23.9 Å². The van der Waals surface area contributed by atoms with Crippen molar-refractivity contribution >= 4 is 29.4 Å². The summed E-state index contributed by atoms with van der Waals surface area (Å²) in [5.74, 6) is -0.753. The maximum Gasteiger partial charge on any atom is 0.417 e. The molecule has 8 heteroatoms. The Labute approximate surface area is 183 Å². The van der Waals surface area contributed by atoms with Gasteiger partial charge in [0.05, 0.1) is 12.6 Å². The number of carbonyl (C=O) groups excluding carboxylic acids is 3. The number of hydrogen-bond acceptors (Lipinski definition) is 6. The van der Waals surface area contributed by atoms with Gasteiger partial charge in [-0.25, -0.2) is 9.69 Å². The van der Waals surface area contributed by atoms with E-state index in [0.717, 1.165) is 11.3 Å². The monoisotopic (exact) mass is 440 g/mol. The number of nitrogens with zero attached hydrogens (tertiary/aromatic N) is 1. The highest BCUT2D eigenvalue weighted by atomic mass is 35.5. The van der Waals surface area contributed by atoms with Crippen LogP contribution in [0.3, 0.4) is 0 Å². The number of methoxy groups -OCH3 is 1. The summed E-state index contributed by atoms with van der Waals surface area (Å²) in [6.45, 7) is 5.63. The van der Waals surface area contributed by atoms with E-state index < -0.39 is 24.1 Å². The van der Waals surface area contributed by atoms with Crippen molar-refractivity contribution in [3.05, 3.63) is 34.9 Å². The number of amides is 2. The van der Waals surface area contributed by atoms with E-state index in [9.17, 15) is 14.4 Å². The van der Waals surface area contributed by atoms with E-state index in [1.165, 1.54) is 7.11 Å². The highest BCUT2D eigenvalue weighted by Crippen LogP contribution is 2.16. The number of carbonyl (C=O) groups is 3. The molecule has 2 atom stereocenters. The lowest BCUT2D eigenvalue weighted by Crippen LogP contribution is -2.56. The summed E-state index contributed by atoms with van der Waals surface area (Å²) in [5.41, 5.74) is 6.75. The Morgan fingerprint density at radius 1 is 1.17 bits per heavy atom. The summed E-state index contributed by atoms with van der Waals surface area (Å²) in [5, 5.41) is 0.559. The van der Waals surface area contributed by atoms with Crippen molar-refractivity contribution in [3.8, 4) is 0 Å². The molecule has 30 heavy (non-hydrogen) atoms. The van der Waals surface area contributed by atoms with Gasteiger partial charge >= 0.3 is 6.09 Å². The summed E-state index contributed by atoms with van der Waals surface area (Å²) in [4.78, 5) is 39.5. The molecule has 0 spiro atoms. The summed E-state index contributed by atoms with van der Waals surface area (Å²) in [6.07, 6.45) is 1.16. The van der Waals surface area contributed by atoms with E-state index in [-0.39, 0.29) is 31.3 Å². The number of rotatable bonds is 12. The minimum atomic E-state index is -1.08. The largest absolute Gasteiger partial charge is 0.444 e. The van der Waals surface area contributed by atoms with E-state index >= 15 is 0 Å². The second-order valence-electron chi connectivity index (χ2n) is 7.67. The number of Topliss-reactive ketones (excluding diaryl/α,β-unsaturated/α-hetero) is 1. The van der Waals surface area contributed by atoms with Gasteiger partial charge in [0.25, 0.3) is 0 Å². The van der Waals surface area contributed by atoms with E-state index in [1.807, 2.05) is 20.8 Å². The molecule has 1 rings (SSSR count). The van der Waals surface area contributed by atoms with Gasteiger partial charge in [-0.1, -0.05) is 50.9 Å². The fourth-order valence-electron chi connectivity index (χ4n) is 2.94. The Kier molecular flexibility index (Phi) is 11.6. The first kappa shape index (κ1) is 26.1. The molecule has 0 saturated heterocycles. The molecule has 1 unspecified atom stereocenters. The molecule has 0 aliphatic rings. The van der Waals surface area contributed by atoms with Crippen molar-refractivity contribution in [3.63, 3.8) is 0 Å². The Hall–Kier alpha value is -1.96. The summed E-state index contributed by atoms with van der Waals surface area (Å²) < 4.78 is 10.5. The number of nitrogens with two attached hydrogens (primary N) is 1. The zero-order chi connectivity index (χ0) is 22.7. The highest BCUT2D eigenvalue weighted by molar-refractivity contribution is 6.30. The number of unbranched alkanes of at least 4 members (excludes halogenated alkanes) is 1. The minimum absolute atomic E-state index is 0.0674. The fraction of sp³-hybridized carbons (Fsp3) is 0.591. The third kappa shape index (κ3) is 8.42. The molecule has 1 aromatic carbocycles. The summed E-state index contributed by atoms with van der Waals surface area (Å²) in [7, 11) is 1.41. The molecule has 0 aromatic heterocycles. The van der Waals surface area contributed by atoms with Crippen LogP contribution in [-0.2, 0) is 25.7 Å². The van der Waals surface area contributed by atoms with E-state index in [4.69, 9.17) is 26.8 Å². The lowest BCUT2D eigenvalue weighted by atomic mass is 10.0. The van der Waals surface area contributed by atoms with Gasteiger partial charge in [0.15, 0.2) is 5.78 Å². The average molecular weight is 441 g/mol. The molecule has 2 amide bonds. The first-order chi connectivity index (χ1) is 14.2. The Morgan fingerprint density at radius 3 is 2.33 bits per heavy atom. The van der Waals surface area contributed by atoms with Crippen molar-refractivity contribution in [2.75, 3.05) is 13.7 Å². The standard InChI is InChI=1S/C22H33ClN2O5/c1-5-6-7-20(26)19(14-29-4)25(21(27)18(24)12-15(2)3)22(28)30-13-16-8-10-17(23)11-9-16/h8-11,15,18-19H,5-7,12-14,24H2,1-4H3/t18-,19?/m0/s1. The molecule has 0 aliphatic heterocycles. The van der Waals surface area contributed by atoms with Crippen LogP contribution in [0.2, 0.25) is 5.02 Å². The Balaban J connectivity index is 3.08. The van der Waals surface area contributed by atoms with Gasteiger partial charge < -0.3 is 15.2 Å². The normalized spacial score (nSPS) is 13.0. The SMILES string of the molecule is CCCCC(=O)C(COC)N(C(=O)OCc1ccc(Cl)cc1)C(=O)[C@@H](N)CC(C)C. The van der Waals surface area contributed by atoms with Gasteiger partial charge in [-0.05, 0) is 36.5 Å². The van der Waals surface area contributed by atoms with Gasteiger partial charge in [-0.3, -0.25) is 9.59 Å². The second kappa shape index (κ2) is 13.4. The van der Waals surface area contributed by atoms with Crippen molar-refractivity contribution in [1.82, 2.24) is 4.90 Å². The van der Waals surface area contributed by atoms with Gasteiger partial charge in [-0.15, -0.1) is 0 Å². The van der Waals surface area contributed by atoms with Gasteiger partial charge in [0, 0.05) is 18.6 Å². The zero-order valence-electron chi connectivity index (χ0n) is 18.2. The number of halogens is 1. The van der Waals surface area contributed by atoms with Crippen LogP contribution in [-0.4, -0.2) is 48.5 Å². The number of ketones is 1. The molecule has 7 nitrogen and oxygen atoms in total. The Morgan fingerprint density at radius 2 is 1.80 bits per heavy atom.